The van der Waals surface area contributed by atoms with E-state index in [1.54, 1.807) is 0 Å². The first-order valence-electron chi connectivity index (χ1n) is 6.73. The van der Waals surface area contributed by atoms with E-state index >= 15 is 0 Å². The van der Waals surface area contributed by atoms with Gasteiger partial charge in [-0.1, -0.05) is 69.3 Å². The van der Waals surface area contributed by atoms with E-state index in [4.69, 9.17) is 0 Å². The zero-order valence-corrected chi connectivity index (χ0v) is 11.8. The highest BCUT2D eigenvalue weighted by molar-refractivity contribution is 5.76. The molecule has 0 aliphatic rings. The molecule has 1 heteroatoms. The summed E-state index contributed by atoms with van der Waals surface area (Å²) in [6.45, 7) is 6.74. The summed E-state index contributed by atoms with van der Waals surface area (Å²) in [5, 5.41) is 0. The molecule has 0 saturated carbocycles. The number of carbonyl (C=O) groups excluding carboxylic acids is 1. The van der Waals surface area contributed by atoms with E-state index in [1.807, 2.05) is 24.3 Å². The first-order valence-corrected chi connectivity index (χ1v) is 6.73. The number of benzene rings is 2. The van der Waals surface area contributed by atoms with E-state index in [2.05, 4.69) is 45.0 Å². The van der Waals surface area contributed by atoms with Crippen molar-refractivity contribution in [2.24, 2.45) is 0 Å². The number of rotatable bonds is 4. The van der Waals surface area contributed by atoms with Gasteiger partial charge in [0, 0.05) is 5.56 Å². The first-order chi connectivity index (χ1) is 9.06. The minimum Gasteiger partial charge on any atom is -0.298 e. The van der Waals surface area contributed by atoms with Gasteiger partial charge in [-0.15, -0.1) is 0 Å². The smallest absolute Gasteiger partial charge is 0.150 e. The van der Waals surface area contributed by atoms with Crippen LogP contribution in [0.1, 0.15) is 43.1 Å². The predicted octanol–water partition coefficient (Wildman–Crippen LogP) is 4.85. The highest BCUT2D eigenvalue weighted by atomic mass is 16.1. The van der Waals surface area contributed by atoms with E-state index < -0.39 is 0 Å². The fourth-order valence-corrected chi connectivity index (χ4v) is 2.07. The highest BCUT2D eigenvalue weighted by Gasteiger charge is 2.17. The van der Waals surface area contributed by atoms with Crippen LogP contribution in [0, 0.1) is 0 Å². The number of carbonyl (C=O) groups is 1. The minimum atomic E-state index is 0.222. The van der Waals surface area contributed by atoms with Crippen molar-refractivity contribution in [3.05, 3.63) is 59.7 Å². The molecule has 0 amide bonds. The number of aldehydes is 1. The molecule has 0 unspecified atom stereocenters. The quantitative estimate of drug-likeness (QED) is 0.711. The van der Waals surface area contributed by atoms with E-state index in [0.717, 1.165) is 18.3 Å². The van der Waals surface area contributed by atoms with Gasteiger partial charge in [0.15, 0.2) is 0 Å². The van der Waals surface area contributed by atoms with Crippen molar-refractivity contribution in [1.82, 2.24) is 0 Å². The van der Waals surface area contributed by atoms with Crippen molar-refractivity contribution in [3.8, 4) is 11.1 Å². The van der Waals surface area contributed by atoms with Crippen molar-refractivity contribution in [2.45, 2.75) is 32.6 Å². The van der Waals surface area contributed by atoms with Crippen molar-refractivity contribution >= 4 is 6.29 Å². The normalized spacial score (nSPS) is 11.3. The molecule has 0 aromatic heterocycles. The lowest BCUT2D eigenvalue weighted by Gasteiger charge is -2.23. The summed E-state index contributed by atoms with van der Waals surface area (Å²) in [4.78, 5) is 10.6. The van der Waals surface area contributed by atoms with E-state index in [9.17, 15) is 4.79 Å². The maximum absolute atomic E-state index is 10.6. The van der Waals surface area contributed by atoms with Gasteiger partial charge in [-0.3, -0.25) is 4.79 Å². The van der Waals surface area contributed by atoms with Crippen LogP contribution in [0.4, 0.5) is 0 Å². The molecule has 0 heterocycles. The van der Waals surface area contributed by atoms with Crippen LogP contribution in [-0.4, -0.2) is 6.29 Å². The Hall–Kier alpha value is -1.89. The molecule has 2 aromatic carbocycles. The lowest BCUT2D eigenvalue weighted by atomic mass is 9.82. The minimum absolute atomic E-state index is 0.222. The third kappa shape index (κ3) is 2.93. The average molecular weight is 252 g/mol. The second-order valence-electron chi connectivity index (χ2n) is 5.55. The van der Waals surface area contributed by atoms with Gasteiger partial charge in [-0.05, 0) is 28.5 Å². The lowest BCUT2D eigenvalue weighted by Crippen LogP contribution is -2.14. The zero-order valence-electron chi connectivity index (χ0n) is 11.8. The third-order valence-corrected chi connectivity index (χ3v) is 3.93. The second kappa shape index (κ2) is 5.40. The van der Waals surface area contributed by atoms with Crippen molar-refractivity contribution < 1.29 is 4.79 Å². The summed E-state index contributed by atoms with van der Waals surface area (Å²) in [7, 11) is 0. The standard InChI is InChI=1S/C18H20O/c1-4-18(2,3)17-11-9-16(10-12-17)15-7-5-14(13-19)6-8-15/h5-13H,4H2,1-3H3. The van der Waals surface area contributed by atoms with Gasteiger partial charge in [0.2, 0.25) is 0 Å². The number of hydrogen-bond acceptors (Lipinski definition) is 1. The van der Waals surface area contributed by atoms with Gasteiger partial charge in [0.05, 0.1) is 0 Å². The van der Waals surface area contributed by atoms with E-state index in [-0.39, 0.29) is 5.41 Å². The molecule has 2 rings (SSSR count). The fourth-order valence-electron chi connectivity index (χ4n) is 2.07. The van der Waals surface area contributed by atoms with Crippen LogP contribution >= 0.6 is 0 Å². The SMILES string of the molecule is CCC(C)(C)c1ccc(-c2ccc(C=O)cc2)cc1. The molecule has 0 N–H and O–H groups in total. The summed E-state index contributed by atoms with van der Waals surface area (Å²) in [5.74, 6) is 0. The van der Waals surface area contributed by atoms with Gasteiger partial charge >= 0.3 is 0 Å². The molecule has 0 radical (unpaired) electrons. The second-order valence-corrected chi connectivity index (χ2v) is 5.55. The Bertz CT molecular complexity index is 547. The Kier molecular flexibility index (Phi) is 3.84. The van der Waals surface area contributed by atoms with E-state index in [1.165, 1.54) is 11.1 Å². The lowest BCUT2D eigenvalue weighted by molar-refractivity contribution is 0.112. The van der Waals surface area contributed by atoms with Gasteiger partial charge in [-0.25, -0.2) is 0 Å². The van der Waals surface area contributed by atoms with Crippen LogP contribution in [-0.2, 0) is 5.41 Å². The Morgan fingerprint density at radius 3 is 1.79 bits per heavy atom. The molecule has 0 spiro atoms. The van der Waals surface area contributed by atoms with Crippen LogP contribution in [0.15, 0.2) is 48.5 Å². The summed E-state index contributed by atoms with van der Waals surface area (Å²) in [5.41, 5.74) is 4.63. The molecular weight excluding hydrogens is 232 g/mol. The molecular formula is C18H20O. The van der Waals surface area contributed by atoms with Crippen LogP contribution in [0.5, 0.6) is 0 Å². The summed E-state index contributed by atoms with van der Waals surface area (Å²) in [6, 6.07) is 16.4. The first kappa shape index (κ1) is 13.5. The monoisotopic (exact) mass is 252 g/mol. The molecule has 19 heavy (non-hydrogen) atoms. The van der Waals surface area contributed by atoms with Gasteiger partial charge < -0.3 is 0 Å². The molecule has 0 aliphatic carbocycles. The molecule has 2 aromatic rings. The Morgan fingerprint density at radius 2 is 1.37 bits per heavy atom. The summed E-state index contributed by atoms with van der Waals surface area (Å²) < 4.78 is 0. The summed E-state index contributed by atoms with van der Waals surface area (Å²) >= 11 is 0. The topological polar surface area (TPSA) is 17.1 Å². The number of hydrogen-bond donors (Lipinski definition) is 0. The van der Waals surface area contributed by atoms with E-state index in [0.29, 0.717) is 5.56 Å². The fraction of sp³-hybridized carbons (Fsp3) is 0.278. The maximum atomic E-state index is 10.6. The van der Waals surface area contributed by atoms with Crippen LogP contribution in [0.2, 0.25) is 0 Å². The molecule has 0 bridgehead atoms. The average Bonchev–Trinajstić information content (AvgIpc) is 2.47. The largest absolute Gasteiger partial charge is 0.298 e. The van der Waals surface area contributed by atoms with Crippen LogP contribution in [0.3, 0.4) is 0 Å². The molecule has 0 aliphatic heterocycles. The molecule has 0 fully saturated rings. The molecule has 0 atom stereocenters. The maximum Gasteiger partial charge on any atom is 0.150 e. The summed E-state index contributed by atoms with van der Waals surface area (Å²) in [6.07, 6.45) is 2.00. The highest BCUT2D eigenvalue weighted by Crippen LogP contribution is 2.29. The van der Waals surface area contributed by atoms with Crippen molar-refractivity contribution in [1.29, 1.82) is 0 Å². The Balaban J connectivity index is 2.29. The van der Waals surface area contributed by atoms with Crippen molar-refractivity contribution in [3.63, 3.8) is 0 Å². The molecule has 1 nitrogen and oxygen atoms in total. The van der Waals surface area contributed by atoms with Crippen LogP contribution in [0.25, 0.3) is 11.1 Å². The predicted molar refractivity (Wildman–Crippen MR) is 80.6 cm³/mol. The zero-order chi connectivity index (χ0) is 13.9. The Morgan fingerprint density at radius 1 is 0.895 bits per heavy atom. The van der Waals surface area contributed by atoms with Gasteiger partial charge in [0.1, 0.15) is 6.29 Å². The van der Waals surface area contributed by atoms with Crippen molar-refractivity contribution in [2.75, 3.05) is 0 Å². The van der Waals surface area contributed by atoms with Gasteiger partial charge in [-0.2, -0.15) is 0 Å². The molecule has 0 saturated heterocycles. The van der Waals surface area contributed by atoms with Crippen LogP contribution < -0.4 is 0 Å². The Labute approximate surface area is 115 Å². The third-order valence-electron chi connectivity index (χ3n) is 3.93. The van der Waals surface area contributed by atoms with Gasteiger partial charge in [0.25, 0.3) is 0 Å². The molecule has 98 valence electrons.